The molecule has 0 atom stereocenters. The van der Waals surface area contributed by atoms with Crippen molar-refractivity contribution in [1.29, 1.82) is 0 Å². The molecule has 0 spiro atoms. The summed E-state index contributed by atoms with van der Waals surface area (Å²) in [6, 6.07) is 7.41. The number of carbonyl (C=O) groups excluding carboxylic acids is 1. The zero-order valence-electron chi connectivity index (χ0n) is 13.4. The highest BCUT2D eigenvalue weighted by Gasteiger charge is 2.44. The van der Waals surface area contributed by atoms with E-state index in [0.717, 1.165) is 6.07 Å². The summed E-state index contributed by atoms with van der Waals surface area (Å²) in [5.74, 6) is 0.182. The van der Waals surface area contributed by atoms with Gasteiger partial charge in [0.05, 0.1) is 11.0 Å². The molecule has 1 saturated heterocycles. The van der Waals surface area contributed by atoms with Gasteiger partial charge in [-0.05, 0) is 32.0 Å². The maximum atomic E-state index is 12.6. The summed E-state index contributed by atoms with van der Waals surface area (Å²) >= 11 is 5.83. The van der Waals surface area contributed by atoms with Crippen molar-refractivity contribution in [3.05, 3.63) is 47.1 Å². The van der Waals surface area contributed by atoms with Gasteiger partial charge in [-0.3, -0.25) is 4.79 Å². The van der Waals surface area contributed by atoms with Crippen LogP contribution in [0.2, 0.25) is 5.02 Å². The number of hydrogen-bond acceptors (Lipinski definition) is 3. The third-order valence-corrected chi connectivity index (χ3v) is 4.13. The number of halogens is 4. The molecule has 0 unspecified atom stereocenters. The largest absolute Gasteiger partial charge is 0.437 e. The van der Waals surface area contributed by atoms with Crippen molar-refractivity contribution in [3.63, 3.8) is 0 Å². The second-order valence-electron chi connectivity index (χ2n) is 6.38. The van der Waals surface area contributed by atoms with Crippen molar-refractivity contribution in [3.8, 4) is 11.6 Å². The van der Waals surface area contributed by atoms with Crippen LogP contribution in [-0.2, 0) is 11.0 Å². The first-order valence-corrected chi connectivity index (χ1v) is 7.78. The average molecular weight is 371 g/mol. The molecular formula is C17H14ClF3N2O2. The number of hydrogen-bond donors (Lipinski definition) is 0. The Morgan fingerprint density at radius 1 is 1.28 bits per heavy atom. The van der Waals surface area contributed by atoms with Gasteiger partial charge in [0.25, 0.3) is 0 Å². The number of β-lactam (4-membered cyclic amide) rings is 1. The maximum absolute atomic E-state index is 12.6. The Hall–Kier alpha value is -2.28. The van der Waals surface area contributed by atoms with Gasteiger partial charge < -0.3 is 9.64 Å². The van der Waals surface area contributed by atoms with Crippen LogP contribution in [0.1, 0.15) is 19.4 Å². The molecule has 2 aromatic rings. The highest BCUT2D eigenvalue weighted by atomic mass is 35.5. The predicted molar refractivity (Wildman–Crippen MR) is 86.9 cm³/mol. The summed E-state index contributed by atoms with van der Waals surface area (Å²) in [6.07, 6.45) is -3.87. The van der Waals surface area contributed by atoms with Crippen LogP contribution >= 0.6 is 11.6 Å². The van der Waals surface area contributed by atoms with E-state index in [4.69, 9.17) is 16.3 Å². The number of benzene rings is 1. The predicted octanol–water partition coefficient (Wildman–Crippen LogP) is 4.92. The summed E-state index contributed by atoms with van der Waals surface area (Å²) < 4.78 is 43.4. The van der Waals surface area contributed by atoms with Crippen LogP contribution in [0.5, 0.6) is 11.6 Å². The number of aromatic nitrogens is 1. The van der Waals surface area contributed by atoms with Crippen molar-refractivity contribution in [2.45, 2.75) is 20.0 Å². The quantitative estimate of drug-likeness (QED) is 0.720. The minimum absolute atomic E-state index is 0.00432. The fourth-order valence-electron chi connectivity index (χ4n) is 2.50. The summed E-state index contributed by atoms with van der Waals surface area (Å²) in [5.41, 5.74) is -0.702. The Bertz CT molecular complexity index is 837. The minimum atomic E-state index is -4.53. The number of carbonyl (C=O) groups is 1. The van der Waals surface area contributed by atoms with Gasteiger partial charge in [0, 0.05) is 24.5 Å². The first kappa shape index (κ1) is 17.5. The fourth-order valence-corrected chi connectivity index (χ4v) is 2.70. The number of rotatable bonds is 3. The Kier molecular flexibility index (Phi) is 4.15. The van der Waals surface area contributed by atoms with Gasteiger partial charge in [-0.15, -0.1) is 0 Å². The highest BCUT2D eigenvalue weighted by Crippen LogP contribution is 2.38. The van der Waals surface area contributed by atoms with Gasteiger partial charge in [0.15, 0.2) is 0 Å². The Morgan fingerprint density at radius 3 is 2.56 bits per heavy atom. The summed E-state index contributed by atoms with van der Waals surface area (Å²) in [6.45, 7) is 4.30. The molecule has 4 nitrogen and oxygen atoms in total. The first-order chi connectivity index (χ1) is 11.6. The van der Waals surface area contributed by atoms with Crippen molar-refractivity contribution < 1.29 is 22.7 Å². The number of ether oxygens (including phenoxy) is 1. The molecule has 0 N–H and O–H groups in total. The van der Waals surface area contributed by atoms with Gasteiger partial charge in [-0.25, -0.2) is 4.98 Å². The molecule has 1 aromatic heterocycles. The van der Waals surface area contributed by atoms with Gasteiger partial charge in [-0.2, -0.15) is 13.2 Å². The second-order valence-corrected chi connectivity index (χ2v) is 6.79. The second kappa shape index (κ2) is 5.91. The summed E-state index contributed by atoms with van der Waals surface area (Å²) in [5, 5.41) is -0.249. The SMILES string of the molecule is CC1(C)CN(c2cccc(Oc3ncc(C(F)(F)F)cc3Cl)c2)C1=O. The van der Waals surface area contributed by atoms with E-state index in [0.29, 0.717) is 24.2 Å². The maximum Gasteiger partial charge on any atom is 0.417 e. The topological polar surface area (TPSA) is 42.4 Å². The van der Waals surface area contributed by atoms with Crippen LogP contribution in [0.4, 0.5) is 18.9 Å². The van der Waals surface area contributed by atoms with E-state index in [2.05, 4.69) is 4.98 Å². The van der Waals surface area contributed by atoms with E-state index in [9.17, 15) is 18.0 Å². The Labute approximate surface area is 147 Å². The van der Waals surface area contributed by atoms with Crippen molar-refractivity contribution in [1.82, 2.24) is 4.98 Å². The zero-order chi connectivity index (χ0) is 18.4. The van der Waals surface area contributed by atoms with E-state index in [-0.39, 0.29) is 16.8 Å². The molecule has 1 fully saturated rings. The highest BCUT2D eigenvalue weighted by molar-refractivity contribution is 6.31. The van der Waals surface area contributed by atoms with Crippen LogP contribution in [0, 0.1) is 5.41 Å². The van der Waals surface area contributed by atoms with Crippen LogP contribution in [-0.4, -0.2) is 17.4 Å². The standard InChI is InChI=1S/C17H14ClF3N2O2/c1-16(2)9-23(15(16)24)11-4-3-5-12(7-11)25-14-13(18)6-10(8-22-14)17(19,20)21/h3-8H,9H2,1-2H3. The van der Waals surface area contributed by atoms with E-state index in [1.54, 1.807) is 29.2 Å². The monoisotopic (exact) mass is 370 g/mol. The molecule has 0 saturated carbocycles. The van der Waals surface area contributed by atoms with Gasteiger partial charge in [0.1, 0.15) is 10.8 Å². The molecule has 0 aliphatic carbocycles. The normalized spacial score (nSPS) is 16.6. The molecule has 8 heteroatoms. The zero-order valence-corrected chi connectivity index (χ0v) is 14.1. The lowest BCUT2D eigenvalue weighted by Crippen LogP contribution is -2.58. The molecule has 25 heavy (non-hydrogen) atoms. The molecule has 1 aliphatic rings. The molecule has 1 aromatic carbocycles. The number of amides is 1. The Balaban J connectivity index is 1.81. The first-order valence-electron chi connectivity index (χ1n) is 7.40. The lowest BCUT2D eigenvalue weighted by molar-refractivity contribution is -0.137. The molecular weight excluding hydrogens is 357 g/mol. The lowest BCUT2D eigenvalue weighted by atomic mass is 9.83. The molecule has 3 rings (SSSR count). The minimum Gasteiger partial charge on any atom is -0.437 e. The van der Waals surface area contributed by atoms with Crippen LogP contribution in [0.25, 0.3) is 0 Å². The van der Waals surface area contributed by atoms with E-state index >= 15 is 0 Å². The number of anilines is 1. The molecule has 0 radical (unpaired) electrons. The van der Waals surface area contributed by atoms with E-state index in [1.807, 2.05) is 13.8 Å². The smallest absolute Gasteiger partial charge is 0.417 e. The van der Waals surface area contributed by atoms with Crippen LogP contribution in [0.3, 0.4) is 0 Å². The van der Waals surface area contributed by atoms with Gasteiger partial charge in [-0.1, -0.05) is 17.7 Å². The summed E-state index contributed by atoms with van der Waals surface area (Å²) in [4.78, 5) is 17.3. The van der Waals surface area contributed by atoms with Crippen LogP contribution < -0.4 is 9.64 Å². The van der Waals surface area contributed by atoms with Gasteiger partial charge >= 0.3 is 6.18 Å². The number of alkyl halides is 3. The third-order valence-electron chi connectivity index (χ3n) is 3.86. The molecule has 0 bridgehead atoms. The number of pyridine rings is 1. The van der Waals surface area contributed by atoms with Crippen molar-refractivity contribution >= 4 is 23.2 Å². The van der Waals surface area contributed by atoms with Crippen molar-refractivity contribution in [2.75, 3.05) is 11.4 Å². The molecule has 1 aliphatic heterocycles. The average Bonchev–Trinajstić information content (AvgIpc) is 2.53. The summed E-state index contributed by atoms with van der Waals surface area (Å²) in [7, 11) is 0. The lowest BCUT2D eigenvalue weighted by Gasteiger charge is -2.44. The van der Waals surface area contributed by atoms with Crippen molar-refractivity contribution in [2.24, 2.45) is 5.41 Å². The number of nitrogens with zero attached hydrogens (tertiary/aromatic N) is 2. The van der Waals surface area contributed by atoms with Gasteiger partial charge in [0.2, 0.25) is 11.8 Å². The Morgan fingerprint density at radius 2 is 2.00 bits per heavy atom. The third kappa shape index (κ3) is 3.42. The fraction of sp³-hybridized carbons (Fsp3) is 0.294. The van der Waals surface area contributed by atoms with Crippen LogP contribution in [0.15, 0.2) is 36.5 Å². The van der Waals surface area contributed by atoms with E-state index in [1.165, 1.54) is 0 Å². The van der Waals surface area contributed by atoms with E-state index < -0.39 is 17.2 Å². The molecule has 1 amide bonds. The molecule has 132 valence electrons. The molecule has 2 heterocycles.